The molecule has 0 radical (unpaired) electrons. The van der Waals surface area contributed by atoms with E-state index in [0.717, 1.165) is 16.9 Å². The molecule has 0 bridgehead atoms. The Morgan fingerprint density at radius 3 is 3.04 bits per heavy atom. The number of benzene rings is 1. The summed E-state index contributed by atoms with van der Waals surface area (Å²) < 4.78 is 12.9. The number of rotatable bonds is 4. The van der Waals surface area contributed by atoms with Gasteiger partial charge in [-0.05, 0) is 6.07 Å². The summed E-state index contributed by atoms with van der Waals surface area (Å²) in [4.78, 5) is 14.3. The van der Waals surface area contributed by atoms with Gasteiger partial charge in [0.15, 0.2) is 0 Å². The largest absolute Gasteiger partial charge is 0.497 e. The fraction of sp³-hybridized carbons (Fsp3) is 0.444. The average molecular weight is 343 g/mol. The molecule has 0 aliphatic carbocycles. The standard InChI is InChI=1S/C18H21N3O4/c1-20-7-12(6-19-20)8-21-9-15-14-4-3-13(24-2)5-16(14)25-11-18(15,10-21)17(22)23/h3-7,15H,8-11H2,1-2H3,(H,22,23)/t15-,18-/m1/s1. The van der Waals surface area contributed by atoms with Gasteiger partial charge in [0, 0.05) is 56.0 Å². The van der Waals surface area contributed by atoms with Crippen LogP contribution in [0.4, 0.5) is 0 Å². The predicted octanol–water partition coefficient (Wildman–Crippen LogP) is 1.49. The average Bonchev–Trinajstić information content (AvgIpc) is 3.18. The third kappa shape index (κ3) is 2.55. The topological polar surface area (TPSA) is 76.8 Å². The minimum atomic E-state index is -0.913. The molecule has 1 aromatic heterocycles. The Balaban J connectivity index is 1.66. The highest BCUT2D eigenvalue weighted by molar-refractivity contribution is 5.78. The highest BCUT2D eigenvalue weighted by Crippen LogP contribution is 2.50. The number of aryl methyl sites for hydroxylation is 1. The summed E-state index contributed by atoms with van der Waals surface area (Å²) in [6, 6.07) is 5.64. The van der Waals surface area contributed by atoms with E-state index in [2.05, 4.69) is 10.00 Å². The molecule has 1 N–H and O–H groups in total. The maximum Gasteiger partial charge on any atom is 0.315 e. The number of fused-ring (bicyclic) bond motifs is 3. The molecule has 2 aromatic rings. The third-order valence-corrected chi connectivity index (χ3v) is 5.29. The summed E-state index contributed by atoms with van der Waals surface area (Å²) in [7, 11) is 3.49. The molecule has 1 aromatic carbocycles. The second-order valence-corrected chi connectivity index (χ2v) is 6.90. The van der Waals surface area contributed by atoms with Crippen LogP contribution in [-0.2, 0) is 18.4 Å². The molecule has 2 atom stereocenters. The molecule has 0 unspecified atom stereocenters. The van der Waals surface area contributed by atoms with Crippen molar-refractivity contribution in [2.24, 2.45) is 12.5 Å². The van der Waals surface area contributed by atoms with E-state index < -0.39 is 11.4 Å². The molecule has 2 aliphatic heterocycles. The Hall–Kier alpha value is -2.54. The lowest BCUT2D eigenvalue weighted by Crippen LogP contribution is -2.45. The van der Waals surface area contributed by atoms with Gasteiger partial charge < -0.3 is 14.6 Å². The second kappa shape index (κ2) is 5.77. The first-order valence-electron chi connectivity index (χ1n) is 8.26. The van der Waals surface area contributed by atoms with E-state index >= 15 is 0 Å². The fourth-order valence-electron chi connectivity index (χ4n) is 4.02. The van der Waals surface area contributed by atoms with Gasteiger partial charge in [-0.1, -0.05) is 6.07 Å². The third-order valence-electron chi connectivity index (χ3n) is 5.29. The van der Waals surface area contributed by atoms with E-state index in [9.17, 15) is 9.90 Å². The molecule has 7 heteroatoms. The van der Waals surface area contributed by atoms with Crippen molar-refractivity contribution in [2.75, 3.05) is 26.8 Å². The summed E-state index contributed by atoms with van der Waals surface area (Å²) in [6.45, 7) is 2.01. The monoisotopic (exact) mass is 343 g/mol. The quantitative estimate of drug-likeness (QED) is 0.906. The maximum atomic E-state index is 12.1. The van der Waals surface area contributed by atoms with Gasteiger partial charge in [-0.25, -0.2) is 0 Å². The molecular formula is C18H21N3O4. The fourth-order valence-corrected chi connectivity index (χ4v) is 4.02. The van der Waals surface area contributed by atoms with Crippen molar-refractivity contribution in [3.63, 3.8) is 0 Å². The number of ether oxygens (including phenoxy) is 2. The molecule has 2 aliphatic rings. The van der Waals surface area contributed by atoms with Gasteiger partial charge in [0.1, 0.15) is 23.5 Å². The van der Waals surface area contributed by atoms with Crippen LogP contribution in [-0.4, -0.2) is 52.6 Å². The van der Waals surface area contributed by atoms with Crippen LogP contribution in [0.1, 0.15) is 17.0 Å². The zero-order valence-corrected chi connectivity index (χ0v) is 14.3. The number of carbonyl (C=O) groups is 1. The van der Waals surface area contributed by atoms with E-state index in [-0.39, 0.29) is 12.5 Å². The number of carboxylic acids is 1. The summed E-state index contributed by atoms with van der Waals surface area (Å²) in [5.74, 6) is 0.542. The highest BCUT2D eigenvalue weighted by atomic mass is 16.5. The Kier molecular flexibility index (Phi) is 3.68. The van der Waals surface area contributed by atoms with Crippen LogP contribution in [0.2, 0.25) is 0 Å². The minimum Gasteiger partial charge on any atom is -0.497 e. The van der Waals surface area contributed by atoms with Crippen molar-refractivity contribution in [2.45, 2.75) is 12.5 Å². The molecule has 7 nitrogen and oxygen atoms in total. The Morgan fingerprint density at radius 1 is 1.52 bits per heavy atom. The molecule has 0 saturated carbocycles. The summed E-state index contributed by atoms with van der Waals surface area (Å²) in [5.41, 5.74) is 1.12. The lowest BCUT2D eigenvalue weighted by molar-refractivity contribution is -0.151. The van der Waals surface area contributed by atoms with E-state index in [1.165, 1.54) is 0 Å². The van der Waals surface area contributed by atoms with Crippen LogP contribution >= 0.6 is 0 Å². The van der Waals surface area contributed by atoms with E-state index in [1.54, 1.807) is 11.8 Å². The SMILES string of the molecule is COc1ccc2c(c1)OC[C@]1(C(=O)O)CN(Cc3cnn(C)c3)C[C@H]21. The van der Waals surface area contributed by atoms with Gasteiger partial charge in [-0.3, -0.25) is 14.4 Å². The van der Waals surface area contributed by atoms with Crippen molar-refractivity contribution in [1.82, 2.24) is 14.7 Å². The number of hydrogen-bond acceptors (Lipinski definition) is 5. The number of likely N-dealkylation sites (tertiary alicyclic amines) is 1. The van der Waals surface area contributed by atoms with Gasteiger partial charge >= 0.3 is 5.97 Å². The zero-order chi connectivity index (χ0) is 17.6. The maximum absolute atomic E-state index is 12.1. The zero-order valence-electron chi connectivity index (χ0n) is 14.3. The number of hydrogen-bond donors (Lipinski definition) is 1. The van der Waals surface area contributed by atoms with Crippen molar-refractivity contribution < 1.29 is 19.4 Å². The number of nitrogens with zero attached hydrogens (tertiary/aromatic N) is 3. The van der Waals surface area contributed by atoms with Gasteiger partial charge in [0.05, 0.1) is 13.3 Å². The molecule has 0 amide bonds. The normalized spacial score (nSPS) is 25.1. The first kappa shape index (κ1) is 16.0. The Bertz CT molecular complexity index is 818. The van der Waals surface area contributed by atoms with Gasteiger partial charge in [0.2, 0.25) is 0 Å². The van der Waals surface area contributed by atoms with E-state index in [1.807, 2.05) is 37.6 Å². The van der Waals surface area contributed by atoms with Crippen LogP contribution in [0, 0.1) is 5.41 Å². The predicted molar refractivity (Wildman–Crippen MR) is 89.8 cm³/mol. The molecule has 132 valence electrons. The second-order valence-electron chi connectivity index (χ2n) is 6.90. The summed E-state index contributed by atoms with van der Waals surface area (Å²) in [5, 5.41) is 14.2. The van der Waals surface area contributed by atoms with Gasteiger partial charge in [0.25, 0.3) is 0 Å². The molecular weight excluding hydrogens is 322 g/mol. The van der Waals surface area contributed by atoms with Crippen LogP contribution < -0.4 is 9.47 Å². The minimum absolute atomic E-state index is 0.101. The number of methoxy groups -OCH3 is 1. The van der Waals surface area contributed by atoms with E-state index in [0.29, 0.717) is 25.4 Å². The number of aromatic nitrogens is 2. The lowest BCUT2D eigenvalue weighted by atomic mass is 9.73. The van der Waals surface area contributed by atoms with Crippen molar-refractivity contribution in [3.8, 4) is 11.5 Å². The molecule has 25 heavy (non-hydrogen) atoms. The van der Waals surface area contributed by atoms with Crippen LogP contribution in [0.3, 0.4) is 0 Å². The molecule has 4 rings (SSSR count). The molecule has 3 heterocycles. The smallest absolute Gasteiger partial charge is 0.315 e. The lowest BCUT2D eigenvalue weighted by Gasteiger charge is -2.36. The van der Waals surface area contributed by atoms with Crippen LogP contribution in [0.5, 0.6) is 11.5 Å². The van der Waals surface area contributed by atoms with Gasteiger partial charge in [-0.2, -0.15) is 5.10 Å². The van der Waals surface area contributed by atoms with Crippen molar-refractivity contribution >= 4 is 5.97 Å². The first-order chi connectivity index (χ1) is 12.0. The molecule has 1 fully saturated rings. The number of aliphatic carboxylic acids is 1. The Morgan fingerprint density at radius 2 is 2.36 bits per heavy atom. The van der Waals surface area contributed by atoms with Crippen LogP contribution in [0.25, 0.3) is 0 Å². The van der Waals surface area contributed by atoms with Crippen molar-refractivity contribution in [3.05, 3.63) is 41.7 Å². The van der Waals surface area contributed by atoms with Crippen LogP contribution in [0.15, 0.2) is 30.6 Å². The van der Waals surface area contributed by atoms with Crippen molar-refractivity contribution in [1.29, 1.82) is 0 Å². The highest BCUT2D eigenvalue weighted by Gasteiger charge is 2.56. The molecule has 0 spiro atoms. The van der Waals surface area contributed by atoms with Gasteiger partial charge in [-0.15, -0.1) is 0 Å². The summed E-state index contributed by atoms with van der Waals surface area (Å²) in [6.07, 6.45) is 3.79. The van der Waals surface area contributed by atoms with E-state index in [4.69, 9.17) is 9.47 Å². The summed E-state index contributed by atoms with van der Waals surface area (Å²) >= 11 is 0. The number of carboxylic acid groups (broad SMARTS) is 1. The first-order valence-corrected chi connectivity index (χ1v) is 8.26. The molecule has 1 saturated heterocycles. The Labute approximate surface area is 145 Å².